The largest absolute Gasteiger partial charge is 0.346 e. The van der Waals surface area contributed by atoms with Crippen LogP contribution in [0, 0.1) is 0 Å². The van der Waals surface area contributed by atoms with Gasteiger partial charge in [-0.2, -0.15) is 5.10 Å². The number of nitrogens with zero attached hydrogens (tertiary/aromatic N) is 2. The Morgan fingerprint density at radius 3 is 2.71 bits per heavy atom. The molecule has 0 fully saturated rings. The Balaban J connectivity index is 1.74. The van der Waals surface area contributed by atoms with Gasteiger partial charge in [0.25, 0.3) is 5.91 Å². The van der Waals surface area contributed by atoms with E-state index in [1.807, 2.05) is 11.7 Å². The van der Waals surface area contributed by atoms with Crippen LogP contribution in [0.25, 0.3) is 0 Å². The molecule has 0 unspecified atom stereocenters. The van der Waals surface area contributed by atoms with E-state index in [0.29, 0.717) is 22.2 Å². The summed E-state index contributed by atoms with van der Waals surface area (Å²) in [5.74, 6) is -0.188. The van der Waals surface area contributed by atoms with E-state index in [9.17, 15) is 4.79 Å². The fourth-order valence-electron chi connectivity index (χ4n) is 2.76. The van der Waals surface area contributed by atoms with Crippen molar-refractivity contribution >= 4 is 29.1 Å². The summed E-state index contributed by atoms with van der Waals surface area (Å²) in [6.07, 6.45) is 3.21. The number of rotatable bonds is 3. The van der Waals surface area contributed by atoms with Gasteiger partial charge in [0.05, 0.1) is 17.9 Å². The summed E-state index contributed by atoms with van der Waals surface area (Å²) in [5, 5.41) is 8.31. The van der Waals surface area contributed by atoms with Gasteiger partial charge in [-0.25, -0.2) is 0 Å². The minimum absolute atomic E-state index is 0.188. The van der Waals surface area contributed by atoms with Crippen LogP contribution in [0.1, 0.15) is 33.7 Å². The number of aromatic nitrogens is 2. The maximum atomic E-state index is 12.2. The first-order chi connectivity index (χ1) is 10.0. The van der Waals surface area contributed by atoms with Crippen LogP contribution < -0.4 is 5.32 Å². The second-order valence-electron chi connectivity index (χ2n) is 5.19. The summed E-state index contributed by atoms with van der Waals surface area (Å²) >= 11 is 11.8. The zero-order valence-electron chi connectivity index (χ0n) is 11.6. The molecule has 0 saturated heterocycles. The standard InChI is InChI=1S/C15H15Cl2N3O/c1-20-14(12-3-2-4-13(12)19-20)8-18-15(21)9-5-10(16)7-11(17)6-9/h5-7H,2-4,8H2,1H3,(H,18,21). The van der Waals surface area contributed by atoms with Gasteiger partial charge in [0.15, 0.2) is 0 Å². The van der Waals surface area contributed by atoms with Crippen LogP contribution in [0.15, 0.2) is 18.2 Å². The number of nitrogens with one attached hydrogen (secondary N) is 1. The molecule has 4 nitrogen and oxygen atoms in total. The molecular formula is C15H15Cl2N3O. The van der Waals surface area contributed by atoms with Gasteiger partial charge >= 0.3 is 0 Å². The lowest BCUT2D eigenvalue weighted by Crippen LogP contribution is -2.24. The van der Waals surface area contributed by atoms with Crippen LogP contribution in [0.3, 0.4) is 0 Å². The number of carbonyl (C=O) groups excluding carboxylic acids is 1. The molecule has 1 aromatic heterocycles. The van der Waals surface area contributed by atoms with Gasteiger partial charge < -0.3 is 5.32 Å². The first kappa shape index (κ1) is 14.4. The molecule has 0 spiro atoms. The lowest BCUT2D eigenvalue weighted by molar-refractivity contribution is 0.0950. The summed E-state index contributed by atoms with van der Waals surface area (Å²) < 4.78 is 1.86. The third kappa shape index (κ3) is 2.92. The Bertz CT molecular complexity index is 689. The van der Waals surface area contributed by atoms with Gasteiger partial charge in [-0.15, -0.1) is 0 Å². The predicted molar refractivity (Wildman–Crippen MR) is 82.9 cm³/mol. The maximum absolute atomic E-state index is 12.2. The van der Waals surface area contributed by atoms with E-state index in [4.69, 9.17) is 23.2 Å². The van der Waals surface area contributed by atoms with Gasteiger partial charge in [0.2, 0.25) is 0 Å². The number of amides is 1. The molecule has 21 heavy (non-hydrogen) atoms. The molecule has 3 rings (SSSR count). The van der Waals surface area contributed by atoms with E-state index in [2.05, 4.69) is 10.4 Å². The van der Waals surface area contributed by atoms with Crippen LogP contribution >= 0.6 is 23.2 Å². The minimum Gasteiger partial charge on any atom is -0.346 e. The molecule has 0 radical (unpaired) electrons. The van der Waals surface area contributed by atoms with Gasteiger partial charge in [0, 0.05) is 22.7 Å². The SMILES string of the molecule is Cn1nc2c(c1CNC(=O)c1cc(Cl)cc(Cl)c1)CCC2. The normalized spacial score (nSPS) is 13.3. The van der Waals surface area contributed by atoms with Crippen molar-refractivity contribution in [2.24, 2.45) is 7.05 Å². The van der Waals surface area contributed by atoms with E-state index in [0.717, 1.165) is 30.7 Å². The van der Waals surface area contributed by atoms with Gasteiger partial charge in [-0.1, -0.05) is 23.2 Å². The first-order valence-corrected chi connectivity index (χ1v) is 7.58. The Kier molecular flexibility index (Phi) is 3.91. The fourth-order valence-corrected chi connectivity index (χ4v) is 3.28. The summed E-state index contributed by atoms with van der Waals surface area (Å²) in [6.45, 7) is 0.460. The average Bonchev–Trinajstić information content (AvgIpc) is 2.96. The highest BCUT2D eigenvalue weighted by atomic mass is 35.5. The lowest BCUT2D eigenvalue weighted by atomic mass is 10.2. The minimum atomic E-state index is -0.188. The first-order valence-electron chi connectivity index (χ1n) is 6.82. The molecule has 2 aromatic rings. The van der Waals surface area contributed by atoms with Crippen molar-refractivity contribution in [1.29, 1.82) is 0 Å². The maximum Gasteiger partial charge on any atom is 0.251 e. The Morgan fingerprint density at radius 1 is 1.29 bits per heavy atom. The highest BCUT2D eigenvalue weighted by Crippen LogP contribution is 2.24. The zero-order valence-corrected chi connectivity index (χ0v) is 13.1. The molecule has 110 valence electrons. The lowest BCUT2D eigenvalue weighted by Gasteiger charge is -2.08. The number of aryl methyl sites for hydroxylation is 2. The van der Waals surface area contributed by atoms with Crippen molar-refractivity contribution in [1.82, 2.24) is 15.1 Å². The average molecular weight is 324 g/mol. The highest BCUT2D eigenvalue weighted by molar-refractivity contribution is 6.35. The highest BCUT2D eigenvalue weighted by Gasteiger charge is 2.21. The Hall–Kier alpha value is -1.52. The monoisotopic (exact) mass is 323 g/mol. The number of halogens is 2. The topological polar surface area (TPSA) is 46.9 Å². The van der Waals surface area contributed by atoms with Crippen molar-refractivity contribution in [2.75, 3.05) is 0 Å². The van der Waals surface area contributed by atoms with Crippen molar-refractivity contribution < 1.29 is 4.79 Å². The van der Waals surface area contributed by atoms with Crippen LogP contribution in [0.4, 0.5) is 0 Å². The van der Waals surface area contributed by atoms with E-state index >= 15 is 0 Å². The Labute approximate surface area is 133 Å². The molecule has 1 aliphatic carbocycles. The van der Waals surface area contributed by atoms with E-state index < -0.39 is 0 Å². The fraction of sp³-hybridized carbons (Fsp3) is 0.333. The third-order valence-corrected chi connectivity index (χ3v) is 4.18. The summed E-state index contributed by atoms with van der Waals surface area (Å²) in [5.41, 5.74) is 3.98. The quantitative estimate of drug-likeness (QED) is 0.943. The molecule has 6 heteroatoms. The molecule has 1 N–H and O–H groups in total. The molecular weight excluding hydrogens is 309 g/mol. The van der Waals surface area contributed by atoms with Crippen LogP contribution in [-0.4, -0.2) is 15.7 Å². The number of carbonyl (C=O) groups is 1. The molecule has 1 amide bonds. The van der Waals surface area contributed by atoms with Gasteiger partial charge in [0.1, 0.15) is 0 Å². The van der Waals surface area contributed by atoms with Crippen molar-refractivity contribution in [3.05, 3.63) is 50.8 Å². The van der Waals surface area contributed by atoms with Gasteiger partial charge in [-0.3, -0.25) is 9.48 Å². The molecule has 0 bridgehead atoms. The molecule has 1 aromatic carbocycles. The van der Waals surface area contributed by atoms with Crippen molar-refractivity contribution in [3.63, 3.8) is 0 Å². The molecule has 0 saturated carbocycles. The van der Waals surface area contributed by atoms with Crippen LogP contribution in [-0.2, 0) is 26.4 Å². The number of hydrogen-bond acceptors (Lipinski definition) is 2. The molecule has 1 aliphatic rings. The predicted octanol–water partition coefficient (Wildman–Crippen LogP) is 3.15. The molecule has 0 aliphatic heterocycles. The molecule has 1 heterocycles. The number of fused-ring (bicyclic) bond motifs is 1. The van der Waals surface area contributed by atoms with Crippen LogP contribution in [0.5, 0.6) is 0 Å². The molecule has 0 atom stereocenters. The summed E-state index contributed by atoms with van der Waals surface area (Å²) in [4.78, 5) is 12.2. The van der Waals surface area contributed by atoms with Crippen molar-refractivity contribution in [2.45, 2.75) is 25.8 Å². The van der Waals surface area contributed by atoms with E-state index in [-0.39, 0.29) is 5.91 Å². The second-order valence-corrected chi connectivity index (χ2v) is 6.06. The van der Waals surface area contributed by atoms with Crippen LogP contribution in [0.2, 0.25) is 10.0 Å². The zero-order chi connectivity index (χ0) is 15.0. The number of hydrogen-bond donors (Lipinski definition) is 1. The third-order valence-electron chi connectivity index (χ3n) is 3.74. The summed E-state index contributed by atoms with van der Waals surface area (Å²) in [7, 11) is 1.91. The van der Waals surface area contributed by atoms with E-state index in [1.165, 1.54) is 5.56 Å². The Morgan fingerprint density at radius 2 is 2.00 bits per heavy atom. The van der Waals surface area contributed by atoms with Gasteiger partial charge in [-0.05, 0) is 43.0 Å². The summed E-state index contributed by atoms with van der Waals surface area (Å²) in [6, 6.07) is 4.82. The number of benzene rings is 1. The second kappa shape index (κ2) is 5.70. The van der Waals surface area contributed by atoms with Crippen molar-refractivity contribution in [3.8, 4) is 0 Å². The van der Waals surface area contributed by atoms with E-state index in [1.54, 1.807) is 18.2 Å². The smallest absolute Gasteiger partial charge is 0.251 e.